The van der Waals surface area contributed by atoms with Crippen LogP contribution in [-0.2, 0) is 4.79 Å². The number of amides is 3. The second-order valence-electron chi connectivity index (χ2n) is 5.98. The number of rotatable bonds is 5. The van der Waals surface area contributed by atoms with Gasteiger partial charge in [0.15, 0.2) is 0 Å². The summed E-state index contributed by atoms with van der Waals surface area (Å²) >= 11 is 0. The maximum atomic E-state index is 12.2. The molecule has 2 unspecified atom stereocenters. The van der Waals surface area contributed by atoms with Crippen LogP contribution in [0.2, 0.25) is 0 Å². The molecule has 1 aliphatic rings. The lowest BCUT2D eigenvalue weighted by Crippen LogP contribution is -2.53. The fourth-order valence-electron chi connectivity index (χ4n) is 2.60. The van der Waals surface area contributed by atoms with Crippen LogP contribution in [0.15, 0.2) is 0 Å². The highest BCUT2D eigenvalue weighted by molar-refractivity contribution is 5.86. The molecule has 1 heterocycles. The normalized spacial score (nSPS) is 18.6. The van der Waals surface area contributed by atoms with Gasteiger partial charge in [0.25, 0.3) is 0 Å². The molecular formula is C15H29N3O2. The molecule has 0 radical (unpaired) electrons. The monoisotopic (exact) mass is 283 g/mol. The first-order chi connectivity index (χ1) is 9.45. The van der Waals surface area contributed by atoms with Crippen molar-refractivity contribution in [2.45, 2.75) is 65.5 Å². The van der Waals surface area contributed by atoms with Crippen LogP contribution in [0.5, 0.6) is 0 Å². The van der Waals surface area contributed by atoms with Gasteiger partial charge in [0.1, 0.15) is 6.04 Å². The zero-order chi connectivity index (χ0) is 15.1. The summed E-state index contributed by atoms with van der Waals surface area (Å²) < 4.78 is 0. The number of nitrogens with zero attached hydrogens (tertiary/aromatic N) is 1. The van der Waals surface area contributed by atoms with E-state index in [0.717, 1.165) is 32.4 Å². The molecular weight excluding hydrogens is 254 g/mol. The van der Waals surface area contributed by atoms with Crippen molar-refractivity contribution < 1.29 is 9.59 Å². The highest BCUT2D eigenvalue weighted by atomic mass is 16.2. The van der Waals surface area contributed by atoms with Gasteiger partial charge in [0.2, 0.25) is 5.91 Å². The number of carbonyl (C=O) groups excluding carboxylic acids is 2. The van der Waals surface area contributed by atoms with Gasteiger partial charge in [-0.3, -0.25) is 4.79 Å². The maximum absolute atomic E-state index is 12.2. The van der Waals surface area contributed by atoms with Crippen LogP contribution >= 0.6 is 0 Å². The van der Waals surface area contributed by atoms with Crippen LogP contribution in [-0.4, -0.2) is 42.0 Å². The molecule has 5 heteroatoms. The second kappa shape index (κ2) is 8.12. The van der Waals surface area contributed by atoms with E-state index in [4.69, 9.17) is 0 Å². The van der Waals surface area contributed by atoms with Crippen molar-refractivity contribution in [3.05, 3.63) is 0 Å². The lowest BCUT2D eigenvalue weighted by molar-refractivity contribution is -0.133. The molecule has 3 amide bonds. The van der Waals surface area contributed by atoms with Crippen molar-refractivity contribution in [1.29, 1.82) is 0 Å². The fourth-order valence-corrected chi connectivity index (χ4v) is 2.60. The van der Waals surface area contributed by atoms with E-state index in [9.17, 15) is 9.59 Å². The standard InChI is InChI=1S/C15H29N3O2/c1-5-13(11(2)3)17-15(20)16-12(4)14(19)18-9-7-6-8-10-18/h11-13H,5-10H2,1-4H3,(H2,16,17,20). The van der Waals surface area contributed by atoms with Crippen LogP contribution in [0.4, 0.5) is 4.79 Å². The molecule has 116 valence electrons. The number of piperidine rings is 1. The van der Waals surface area contributed by atoms with E-state index in [1.165, 1.54) is 6.42 Å². The predicted octanol–water partition coefficient (Wildman–Crippen LogP) is 2.12. The van der Waals surface area contributed by atoms with Crippen LogP contribution in [0, 0.1) is 5.92 Å². The summed E-state index contributed by atoms with van der Waals surface area (Å²) in [5, 5.41) is 5.69. The van der Waals surface area contributed by atoms with Crippen LogP contribution in [0.1, 0.15) is 53.4 Å². The summed E-state index contributed by atoms with van der Waals surface area (Å²) in [5.74, 6) is 0.413. The zero-order valence-electron chi connectivity index (χ0n) is 13.2. The Labute approximate surface area is 122 Å². The quantitative estimate of drug-likeness (QED) is 0.812. The van der Waals surface area contributed by atoms with Crippen molar-refractivity contribution in [3.8, 4) is 0 Å². The Hall–Kier alpha value is -1.26. The average molecular weight is 283 g/mol. The van der Waals surface area contributed by atoms with Gasteiger partial charge in [-0.1, -0.05) is 20.8 Å². The number of likely N-dealkylation sites (tertiary alicyclic amines) is 1. The summed E-state index contributed by atoms with van der Waals surface area (Å²) in [6.45, 7) is 9.60. The lowest BCUT2D eigenvalue weighted by Gasteiger charge is -2.30. The lowest BCUT2D eigenvalue weighted by atomic mass is 10.0. The first-order valence-electron chi connectivity index (χ1n) is 7.81. The van der Waals surface area contributed by atoms with Gasteiger partial charge in [-0.05, 0) is 38.5 Å². The third-order valence-electron chi connectivity index (χ3n) is 3.95. The molecule has 20 heavy (non-hydrogen) atoms. The van der Waals surface area contributed by atoms with Gasteiger partial charge in [-0.15, -0.1) is 0 Å². The number of nitrogens with one attached hydrogen (secondary N) is 2. The number of carbonyl (C=O) groups is 2. The van der Waals surface area contributed by atoms with Crippen LogP contribution in [0.3, 0.4) is 0 Å². The molecule has 1 fully saturated rings. The molecule has 0 aromatic carbocycles. The van der Waals surface area contributed by atoms with Gasteiger partial charge < -0.3 is 15.5 Å². The highest BCUT2D eigenvalue weighted by Crippen LogP contribution is 2.10. The van der Waals surface area contributed by atoms with E-state index in [-0.39, 0.29) is 18.0 Å². The minimum atomic E-state index is -0.460. The van der Waals surface area contributed by atoms with E-state index in [1.54, 1.807) is 6.92 Å². The molecule has 0 aliphatic carbocycles. The van der Waals surface area contributed by atoms with E-state index in [1.807, 2.05) is 11.8 Å². The first-order valence-corrected chi connectivity index (χ1v) is 7.81. The Balaban J connectivity index is 2.41. The highest BCUT2D eigenvalue weighted by Gasteiger charge is 2.24. The summed E-state index contributed by atoms with van der Waals surface area (Å²) in [4.78, 5) is 26.0. The Bertz CT molecular complexity index is 325. The van der Waals surface area contributed by atoms with E-state index in [2.05, 4.69) is 24.5 Å². The fraction of sp³-hybridized carbons (Fsp3) is 0.867. The van der Waals surface area contributed by atoms with Gasteiger partial charge in [-0.2, -0.15) is 0 Å². The Kier molecular flexibility index (Phi) is 6.82. The van der Waals surface area contributed by atoms with Crippen molar-refractivity contribution in [2.75, 3.05) is 13.1 Å². The molecule has 1 aliphatic heterocycles. The van der Waals surface area contributed by atoms with Gasteiger partial charge in [0.05, 0.1) is 0 Å². The van der Waals surface area contributed by atoms with E-state index < -0.39 is 6.04 Å². The second-order valence-corrected chi connectivity index (χ2v) is 5.98. The average Bonchev–Trinajstić information content (AvgIpc) is 2.44. The molecule has 0 saturated carbocycles. The minimum absolute atomic E-state index is 0.0254. The van der Waals surface area contributed by atoms with E-state index in [0.29, 0.717) is 5.92 Å². The van der Waals surface area contributed by atoms with Crippen molar-refractivity contribution >= 4 is 11.9 Å². The topological polar surface area (TPSA) is 61.4 Å². The molecule has 0 spiro atoms. The number of hydrogen-bond acceptors (Lipinski definition) is 2. The van der Waals surface area contributed by atoms with Crippen molar-refractivity contribution in [1.82, 2.24) is 15.5 Å². The van der Waals surface area contributed by atoms with E-state index >= 15 is 0 Å². The van der Waals surface area contributed by atoms with Gasteiger partial charge >= 0.3 is 6.03 Å². The van der Waals surface area contributed by atoms with Crippen molar-refractivity contribution in [2.24, 2.45) is 5.92 Å². The summed E-state index contributed by atoms with van der Waals surface area (Å²) in [7, 11) is 0. The van der Waals surface area contributed by atoms with Crippen molar-refractivity contribution in [3.63, 3.8) is 0 Å². The summed E-state index contributed by atoms with van der Waals surface area (Å²) in [5.41, 5.74) is 0. The molecule has 2 atom stereocenters. The summed E-state index contributed by atoms with van der Waals surface area (Å²) in [6, 6.07) is -0.562. The third-order valence-corrected chi connectivity index (χ3v) is 3.95. The molecule has 1 rings (SSSR count). The Morgan fingerprint density at radius 2 is 1.65 bits per heavy atom. The zero-order valence-corrected chi connectivity index (χ0v) is 13.2. The SMILES string of the molecule is CCC(NC(=O)NC(C)C(=O)N1CCCCC1)C(C)C. The molecule has 5 nitrogen and oxygen atoms in total. The Morgan fingerprint density at radius 1 is 1.05 bits per heavy atom. The third kappa shape index (κ3) is 5.02. The number of hydrogen-bond donors (Lipinski definition) is 2. The smallest absolute Gasteiger partial charge is 0.315 e. The predicted molar refractivity (Wildman–Crippen MR) is 80.5 cm³/mol. The molecule has 1 saturated heterocycles. The largest absolute Gasteiger partial charge is 0.341 e. The van der Waals surface area contributed by atoms with Crippen LogP contribution in [0.25, 0.3) is 0 Å². The van der Waals surface area contributed by atoms with Gasteiger partial charge in [-0.25, -0.2) is 4.79 Å². The molecule has 0 bridgehead atoms. The maximum Gasteiger partial charge on any atom is 0.315 e. The molecule has 2 N–H and O–H groups in total. The molecule has 0 aromatic rings. The molecule has 0 aromatic heterocycles. The minimum Gasteiger partial charge on any atom is -0.341 e. The van der Waals surface area contributed by atoms with Gasteiger partial charge in [0, 0.05) is 19.1 Å². The Morgan fingerprint density at radius 3 is 2.15 bits per heavy atom. The number of urea groups is 1. The van der Waals surface area contributed by atoms with Crippen LogP contribution < -0.4 is 10.6 Å². The first kappa shape index (κ1) is 16.8. The summed E-state index contributed by atoms with van der Waals surface area (Å²) in [6.07, 6.45) is 4.21.